The Hall–Kier alpha value is -2.48. The van der Waals surface area contributed by atoms with Gasteiger partial charge in [0.1, 0.15) is 6.04 Å². The molecule has 2 N–H and O–H groups in total. The molecule has 0 unspecified atom stereocenters. The first-order valence-corrected chi connectivity index (χ1v) is 7.33. The molecule has 2 rings (SSSR count). The Balaban J connectivity index is 2.28. The molecule has 22 heavy (non-hydrogen) atoms. The number of nitro groups is 1. The number of carbonyl (C=O) groups excluding carboxylic acids is 1. The summed E-state index contributed by atoms with van der Waals surface area (Å²) in [5, 5.41) is 22.9. The van der Waals surface area contributed by atoms with E-state index in [-0.39, 0.29) is 11.6 Å². The summed E-state index contributed by atoms with van der Waals surface area (Å²) in [6, 6.07) is 4.88. The quantitative estimate of drug-likeness (QED) is 0.649. The number of carboxylic acids is 1. The van der Waals surface area contributed by atoms with Crippen molar-refractivity contribution in [1.82, 2.24) is 5.32 Å². The van der Waals surface area contributed by atoms with Gasteiger partial charge in [-0.2, -0.15) is 0 Å². The van der Waals surface area contributed by atoms with Crippen molar-refractivity contribution < 1.29 is 19.6 Å². The number of benzene rings is 1. The number of rotatable bonds is 5. The Morgan fingerprint density at radius 1 is 1.32 bits per heavy atom. The lowest BCUT2D eigenvalue weighted by atomic mass is 10.0. The number of nitrogens with one attached hydrogen (secondary N) is 1. The van der Waals surface area contributed by atoms with Crippen LogP contribution in [0.4, 0.5) is 5.69 Å². The summed E-state index contributed by atoms with van der Waals surface area (Å²) >= 11 is 1.16. The highest BCUT2D eigenvalue weighted by atomic mass is 32.1. The molecule has 7 nitrogen and oxygen atoms in total. The summed E-state index contributed by atoms with van der Waals surface area (Å²) in [5.41, 5.74) is -0.0529. The first-order chi connectivity index (χ1) is 10.3. The Morgan fingerprint density at radius 2 is 2.00 bits per heavy atom. The molecule has 0 radical (unpaired) electrons. The minimum Gasteiger partial charge on any atom is -0.480 e. The fraction of sp³-hybridized carbons (Fsp3) is 0.286. The SMILES string of the molecule is CC(C)[C@@H](NC(=O)c1cc2cc([N+](=O)[O-])ccc2s1)C(=O)O. The molecule has 116 valence electrons. The third-order valence-corrected chi connectivity index (χ3v) is 4.27. The van der Waals surface area contributed by atoms with Crippen LogP contribution in [0.5, 0.6) is 0 Å². The first-order valence-electron chi connectivity index (χ1n) is 6.51. The van der Waals surface area contributed by atoms with Crippen molar-refractivity contribution in [1.29, 1.82) is 0 Å². The smallest absolute Gasteiger partial charge is 0.326 e. The number of nitrogens with zero attached hydrogens (tertiary/aromatic N) is 1. The zero-order valence-corrected chi connectivity index (χ0v) is 12.7. The van der Waals surface area contributed by atoms with Crippen molar-refractivity contribution in [3.05, 3.63) is 39.3 Å². The van der Waals surface area contributed by atoms with E-state index in [1.807, 2.05) is 0 Å². The van der Waals surface area contributed by atoms with Crippen LogP contribution in [0.15, 0.2) is 24.3 Å². The van der Waals surface area contributed by atoms with Crippen LogP contribution in [0.3, 0.4) is 0 Å². The molecule has 0 aliphatic rings. The van der Waals surface area contributed by atoms with E-state index in [1.165, 1.54) is 18.2 Å². The third kappa shape index (κ3) is 3.22. The molecule has 1 aromatic carbocycles. The van der Waals surface area contributed by atoms with Gasteiger partial charge in [-0.1, -0.05) is 13.8 Å². The van der Waals surface area contributed by atoms with Gasteiger partial charge in [-0.3, -0.25) is 14.9 Å². The molecule has 0 aliphatic heterocycles. The number of hydrogen-bond acceptors (Lipinski definition) is 5. The van der Waals surface area contributed by atoms with Crippen LogP contribution in [0.25, 0.3) is 10.1 Å². The molecule has 0 saturated carbocycles. The largest absolute Gasteiger partial charge is 0.480 e. The molecule has 8 heteroatoms. The van der Waals surface area contributed by atoms with Gasteiger partial charge < -0.3 is 10.4 Å². The molecule has 0 spiro atoms. The highest BCUT2D eigenvalue weighted by molar-refractivity contribution is 7.20. The minimum atomic E-state index is -1.10. The Kier molecular flexibility index (Phi) is 4.41. The molecule has 2 aromatic rings. The second-order valence-corrected chi connectivity index (χ2v) is 6.21. The number of fused-ring (bicyclic) bond motifs is 1. The average molecular weight is 322 g/mol. The standard InChI is InChI=1S/C14H14N2O5S/c1-7(2)12(14(18)19)15-13(17)11-6-8-5-9(16(20)21)3-4-10(8)22-11/h3-7,12H,1-2H3,(H,15,17)(H,18,19)/t12-/m1/s1. The monoisotopic (exact) mass is 322 g/mol. The van der Waals surface area contributed by atoms with Gasteiger partial charge >= 0.3 is 5.97 Å². The number of nitro benzene ring substituents is 1. The fourth-order valence-electron chi connectivity index (χ4n) is 1.98. The summed E-state index contributed by atoms with van der Waals surface area (Å²) in [6.07, 6.45) is 0. The molecular formula is C14H14N2O5S. The lowest BCUT2D eigenvalue weighted by molar-refractivity contribution is -0.384. The molecular weight excluding hydrogens is 308 g/mol. The van der Waals surface area contributed by atoms with E-state index in [9.17, 15) is 19.7 Å². The topological polar surface area (TPSA) is 110 Å². The highest BCUT2D eigenvalue weighted by Gasteiger charge is 2.24. The van der Waals surface area contributed by atoms with Crippen molar-refractivity contribution in [2.75, 3.05) is 0 Å². The predicted octanol–water partition coefficient (Wildman–Crippen LogP) is 2.65. The van der Waals surface area contributed by atoms with E-state index >= 15 is 0 Å². The number of amides is 1. The van der Waals surface area contributed by atoms with E-state index in [2.05, 4.69) is 5.32 Å². The van der Waals surface area contributed by atoms with Gasteiger partial charge in [0, 0.05) is 22.2 Å². The van der Waals surface area contributed by atoms with Crippen molar-refractivity contribution in [3.8, 4) is 0 Å². The maximum absolute atomic E-state index is 12.2. The summed E-state index contributed by atoms with van der Waals surface area (Å²) in [4.78, 5) is 33.8. The number of aliphatic carboxylic acids is 1. The molecule has 1 heterocycles. The maximum Gasteiger partial charge on any atom is 0.326 e. The number of non-ortho nitro benzene ring substituents is 1. The maximum atomic E-state index is 12.2. The van der Waals surface area contributed by atoms with Crippen LogP contribution in [0.2, 0.25) is 0 Å². The second kappa shape index (κ2) is 6.10. The van der Waals surface area contributed by atoms with Crippen molar-refractivity contribution >= 4 is 39.0 Å². The zero-order valence-electron chi connectivity index (χ0n) is 11.9. The lowest BCUT2D eigenvalue weighted by Crippen LogP contribution is -2.44. The van der Waals surface area contributed by atoms with Crippen molar-refractivity contribution in [2.24, 2.45) is 5.92 Å². The minimum absolute atomic E-state index is 0.0529. The van der Waals surface area contributed by atoms with Gasteiger partial charge in [0.05, 0.1) is 9.80 Å². The van der Waals surface area contributed by atoms with Gasteiger partial charge in [0.25, 0.3) is 11.6 Å². The molecule has 0 aliphatic carbocycles. The number of hydrogen-bond donors (Lipinski definition) is 2. The molecule has 0 fully saturated rings. The van der Waals surface area contributed by atoms with E-state index < -0.39 is 22.8 Å². The van der Waals surface area contributed by atoms with Gasteiger partial charge in [0.15, 0.2) is 0 Å². The van der Waals surface area contributed by atoms with E-state index in [0.717, 1.165) is 16.0 Å². The number of carbonyl (C=O) groups is 2. The Morgan fingerprint density at radius 3 is 2.55 bits per heavy atom. The fourth-order valence-corrected chi connectivity index (χ4v) is 2.93. The molecule has 1 aromatic heterocycles. The summed E-state index contributed by atoms with van der Waals surface area (Å²) in [6.45, 7) is 3.40. The van der Waals surface area contributed by atoms with Crippen LogP contribution in [-0.2, 0) is 4.79 Å². The normalized spacial score (nSPS) is 12.3. The van der Waals surface area contributed by atoms with Gasteiger partial charge in [-0.15, -0.1) is 11.3 Å². The van der Waals surface area contributed by atoms with Gasteiger partial charge in [0.2, 0.25) is 0 Å². The Bertz CT molecular complexity index is 753. The summed E-state index contributed by atoms with van der Waals surface area (Å²) < 4.78 is 0.729. The van der Waals surface area contributed by atoms with Crippen LogP contribution in [-0.4, -0.2) is 27.9 Å². The van der Waals surface area contributed by atoms with Crippen LogP contribution < -0.4 is 5.32 Å². The highest BCUT2D eigenvalue weighted by Crippen LogP contribution is 2.29. The number of carboxylic acid groups (broad SMARTS) is 1. The second-order valence-electron chi connectivity index (χ2n) is 5.12. The van der Waals surface area contributed by atoms with Crippen LogP contribution in [0.1, 0.15) is 23.5 Å². The van der Waals surface area contributed by atoms with E-state index in [4.69, 9.17) is 5.11 Å². The molecule has 1 amide bonds. The Labute approximate surface area is 129 Å². The van der Waals surface area contributed by atoms with Crippen molar-refractivity contribution in [3.63, 3.8) is 0 Å². The predicted molar refractivity (Wildman–Crippen MR) is 82.2 cm³/mol. The summed E-state index contributed by atoms with van der Waals surface area (Å²) in [7, 11) is 0. The third-order valence-electron chi connectivity index (χ3n) is 3.15. The van der Waals surface area contributed by atoms with E-state index in [0.29, 0.717) is 10.3 Å². The van der Waals surface area contributed by atoms with E-state index in [1.54, 1.807) is 19.9 Å². The van der Waals surface area contributed by atoms with Gasteiger partial charge in [-0.05, 0) is 18.1 Å². The summed E-state index contributed by atoms with van der Waals surface area (Å²) in [5.74, 6) is -1.85. The molecule has 0 saturated heterocycles. The first kappa shape index (κ1) is 15.9. The van der Waals surface area contributed by atoms with Crippen LogP contribution in [0, 0.1) is 16.0 Å². The average Bonchev–Trinajstić information content (AvgIpc) is 2.86. The van der Waals surface area contributed by atoms with Gasteiger partial charge in [-0.25, -0.2) is 4.79 Å². The van der Waals surface area contributed by atoms with Crippen LogP contribution >= 0.6 is 11.3 Å². The lowest BCUT2D eigenvalue weighted by Gasteiger charge is -2.17. The number of thiophene rings is 1. The van der Waals surface area contributed by atoms with Crippen molar-refractivity contribution in [2.45, 2.75) is 19.9 Å². The molecule has 0 bridgehead atoms. The zero-order chi connectivity index (χ0) is 16.4. The molecule has 1 atom stereocenters.